The SMILES string of the molecule is O=C(Cn1cnc2sc3c(c2c1=O)CCC3)c1ccc(F)cc1F. The zero-order valence-electron chi connectivity index (χ0n) is 12.5. The summed E-state index contributed by atoms with van der Waals surface area (Å²) in [6.07, 6.45) is 4.13. The molecule has 7 heteroatoms. The number of ketones is 1. The van der Waals surface area contributed by atoms with Gasteiger partial charge in [0.2, 0.25) is 0 Å². The number of carbonyl (C=O) groups excluding carboxylic acids is 1. The van der Waals surface area contributed by atoms with Gasteiger partial charge in [-0.3, -0.25) is 14.2 Å². The zero-order valence-corrected chi connectivity index (χ0v) is 13.3. The van der Waals surface area contributed by atoms with Crippen LogP contribution in [0.2, 0.25) is 0 Å². The normalized spacial score (nSPS) is 13.4. The number of rotatable bonds is 3. The second kappa shape index (κ2) is 5.59. The first-order valence-electron chi connectivity index (χ1n) is 7.52. The fourth-order valence-electron chi connectivity index (χ4n) is 3.09. The summed E-state index contributed by atoms with van der Waals surface area (Å²) in [6, 6.07) is 2.77. The number of hydrogen-bond donors (Lipinski definition) is 0. The predicted octanol–water partition coefficient (Wildman–Crippen LogP) is 3.11. The van der Waals surface area contributed by atoms with Gasteiger partial charge in [0.05, 0.1) is 23.8 Å². The Balaban J connectivity index is 1.73. The third-order valence-electron chi connectivity index (χ3n) is 4.24. The maximum absolute atomic E-state index is 13.7. The molecule has 3 aromatic rings. The molecule has 0 unspecified atom stereocenters. The van der Waals surface area contributed by atoms with E-state index in [-0.39, 0.29) is 17.7 Å². The molecule has 2 heterocycles. The molecule has 0 atom stereocenters. The fraction of sp³-hybridized carbons (Fsp3) is 0.235. The van der Waals surface area contributed by atoms with E-state index in [1.165, 1.54) is 27.1 Å². The molecule has 0 amide bonds. The van der Waals surface area contributed by atoms with E-state index < -0.39 is 17.4 Å². The van der Waals surface area contributed by atoms with Crippen molar-refractivity contribution < 1.29 is 13.6 Å². The number of aryl methyl sites for hydroxylation is 2. The molecular formula is C17H12F2N2O2S. The van der Waals surface area contributed by atoms with Crippen LogP contribution < -0.4 is 5.56 Å². The van der Waals surface area contributed by atoms with Gasteiger partial charge in [-0.25, -0.2) is 13.8 Å². The molecule has 1 aliphatic rings. The standard InChI is InChI=1S/C17H12F2N2O2S/c18-9-4-5-10(12(19)6-9)13(22)7-21-8-20-16-15(17(21)23)11-2-1-3-14(11)24-16/h4-6,8H,1-3,7H2. The molecule has 24 heavy (non-hydrogen) atoms. The Bertz CT molecular complexity index is 1040. The van der Waals surface area contributed by atoms with Gasteiger partial charge in [-0.2, -0.15) is 0 Å². The second-order valence-electron chi connectivity index (χ2n) is 5.76. The average molecular weight is 346 g/mol. The monoisotopic (exact) mass is 346 g/mol. The Hall–Kier alpha value is -2.41. The molecule has 1 aromatic carbocycles. The molecule has 4 nitrogen and oxygen atoms in total. The van der Waals surface area contributed by atoms with Gasteiger partial charge in [0, 0.05) is 10.9 Å². The Labute approximate surface area is 139 Å². The largest absolute Gasteiger partial charge is 0.292 e. The van der Waals surface area contributed by atoms with Gasteiger partial charge < -0.3 is 0 Å². The van der Waals surface area contributed by atoms with Gasteiger partial charge in [0.1, 0.15) is 16.5 Å². The van der Waals surface area contributed by atoms with Gasteiger partial charge >= 0.3 is 0 Å². The van der Waals surface area contributed by atoms with Crippen molar-refractivity contribution in [3.05, 3.63) is 62.5 Å². The number of carbonyl (C=O) groups is 1. The summed E-state index contributed by atoms with van der Waals surface area (Å²) in [5, 5.41) is 0.572. The molecule has 0 fully saturated rings. The number of fused-ring (bicyclic) bond motifs is 3. The van der Waals surface area contributed by atoms with Gasteiger partial charge in [0.25, 0.3) is 5.56 Å². The average Bonchev–Trinajstić information content (AvgIpc) is 3.10. The summed E-state index contributed by atoms with van der Waals surface area (Å²) in [5.74, 6) is -2.28. The Morgan fingerprint density at radius 2 is 2.12 bits per heavy atom. The molecule has 122 valence electrons. The van der Waals surface area contributed by atoms with Crippen LogP contribution in [0.4, 0.5) is 8.78 Å². The summed E-state index contributed by atoms with van der Waals surface area (Å²) in [6.45, 7) is -0.324. The van der Waals surface area contributed by atoms with Crippen LogP contribution in [0.15, 0.2) is 29.3 Å². The first-order valence-corrected chi connectivity index (χ1v) is 8.34. The number of benzene rings is 1. The third kappa shape index (κ3) is 2.36. The smallest absolute Gasteiger partial charge is 0.262 e. The number of hydrogen-bond acceptors (Lipinski definition) is 4. The van der Waals surface area contributed by atoms with Gasteiger partial charge in [0.15, 0.2) is 5.78 Å². The molecule has 0 radical (unpaired) electrons. The maximum atomic E-state index is 13.7. The van der Waals surface area contributed by atoms with Crippen molar-refractivity contribution in [2.24, 2.45) is 0 Å². The minimum absolute atomic E-state index is 0.237. The van der Waals surface area contributed by atoms with E-state index in [4.69, 9.17) is 0 Å². The van der Waals surface area contributed by atoms with E-state index in [0.717, 1.165) is 37.0 Å². The van der Waals surface area contributed by atoms with E-state index >= 15 is 0 Å². The highest BCUT2D eigenvalue weighted by Gasteiger charge is 2.22. The van der Waals surface area contributed by atoms with Gasteiger partial charge in [-0.05, 0) is 37.0 Å². The maximum Gasteiger partial charge on any atom is 0.262 e. The lowest BCUT2D eigenvalue weighted by Crippen LogP contribution is -2.25. The quantitative estimate of drug-likeness (QED) is 0.685. The highest BCUT2D eigenvalue weighted by molar-refractivity contribution is 7.18. The van der Waals surface area contributed by atoms with Crippen molar-refractivity contribution in [1.29, 1.82) is 0 Å². The molecule has 0 spiro atoms. The Kier molecular flexibility index (Phi) is 3.53. The zero-order chi connectivity index (χ0) is 16.8. The first kappa shape index (κ1) is 15.1. The summed E-state index contributed by atoms with van der Waals surface area (Å²) < 4.78 is 27.9. The summed E-state index contributed by atoms with van der Waals surface area (Å²) >= 11 is 1.52. The molecule has 0 aliphatic heterocycles. The van der Waals surface area contributed by atoms with Crippen molar-refractivity contribution in [3.8, 4) is 0 Å². The highest BCUT2D eigenvalue weighted by atomic mass is 32.1. The van der Waals surface area contributed by atoms with Crippen LogP contribution in [0.5, 0.6) is 0 Å². The third-order valence-corrected chi connectivity index (χ3v) is 5.44. The minimum Gasteiger partial charge on any atom is -0.292 e. The van der Waals surface area contributed by atoms with Crippen LogP contribution >= 0.6 is 11.3 Å². The summed E-state index contributed by atoms with van der Waals surface area (Å²) in [4.78, 5) is 31.1. The van der Waals surface area contributed by atoms with Crippen LogP contribution in [-0.2, 0) is 19.4 Å². The molecule has 2 aromatic heterocycles. The van der Waals surface area contributed by atoms with Crippen molar-refractivity contribution in [2.75, 3.05) is 0 Å². The molecule has 0 saturated carbocycles. The van der Waals surface area contributed by atoms with E-state index in [0.29, 0.717) is 16.3 Å². The van der Waals surface area contributed by atoms with Crippen molar-refractivity contribution >= 4 is 27.3 Å². The highest BCUT2D eigenvalue weighted by Crippen LogP contribution is 2.34. The van der Waals surface area contributed by atoms with E-state index in [1.807, 2.05) is 0 Å². The Morgan fingerprint density at radius 3 is 2.92 bits per heavy atom. The lowest BCUT2D eigenvalue weighted by molar-refractivity contribution is 0.0966. The number of thiophene rings is 1. The number of halogens is 2. The van der Waals surface area contributed by atoms with Crippen LogP contribution in [0.25, 0.3) is 10.2 Å². The number of aromatic nitrogens is 2. The lowest BCUT2D eigenvalue weighted by atomic mass is 10.1. The van der Waals surface area contributed by atoms with E-state index in [9.17, 15) is 18.4 Å². The van der Waals surface area contributed by atoms with Crippen molar-refractivity contribution in [2.45, 2.75) is 25.8 Å². The minimum atomic E-state index is -0.932. The second-order valence-corrected chi connectivity index (χ2v) is 6.85. The van der Waals surface area contributed by atoms with Gasteiger partial charge in [-0.15, -0.1) is 11.3 Å². The van der Waals surface area contributed by atoms with Crippen LogP contribution in [-0.4, -0.2) is 15.3 Å². The van der Waals surface area contributed by atoms with Crippen molar-refractivity contribution in [1.82, 2.24) is 9.55 Å². The van der Waals surface area contributed by atoms with Gasteiger partial charge in [-0.1, -0.05) is 0 Å². The first-order chi connectivity index (χ1) is 11.5. The summed E-state index contributed by atoms with van der Waals surface area (Å²) in [7, 11) is 0. The van der Waals surface area contributed by atoms with Crippen LogP contribution in [0, 0.1) is 11.6 Å². The summed E-state index contributed by atoms with van der Waals surface area (Å²) in [5.41, 5.74) is 0.511. The van der Waals surface area contributed by atoms with E-state index in [1.54, 1.807) is 0 Å². The Morgan fingerprint density at radius 1 is 1.29 bits per heavy atom. The molecule has 0 saturated heterocycles. The molecule has 0 bridgehead atoms. The van der Waals surface area contributed by atoms with E-state index in [2.05, 4.69) is 4.98 Å². The van der Waals surface area contributed by atoms with Crippen LogP contribution in [0.1, 0.15) is 27.2 Å². The molecule has 4 rings (SSSR count). The molecule has 0 N–H and O–H groups in total. The molecule has 1 aliphatic carbocycles. The lowest BCUT2D eigenvalue weighted by Gasteiger charge is -2.06. The number of nitrogens with zero attached hydrogens (tertiary/aromatic N) is 2. The van der Waals surface area contributed by atoms with Crippen molar-refractivity contribution in [3.63, 3.8) is 0 Å². The molecular weight excluding hydrogens is 334 g/mol. The fourth-order valence-corrected chi connectivity index (χ4v) is 4.31. The predicted molar refractivity (Wildman–Crippen MR) is 86.6 cm³/mol. The van der Waals surface area contributed by atoms with Crippen LogP contribution in [0.3, 0.4) is 0 Å². The topological polar surface area (TPSA) is 52.0 Å². The number of Topliss-reactive ketones (excluding diaryl/α,β-unsaturated/α-hetero) is 1.